The minimum atomic E-state index is -0.895. The predicted octanol–water partition coefficient (Wildman–Crippen LogP) is 5.19. The molecule has 0 aliphatic heterocycles. The van der Waals surface area contributed by atoms with Gasteiger partial charge >= 0.3 is 0 Å². The quantitative estimate of drug-likeness (QED) is 0.730. The first-order valence-electron chi connectivity index (χ1n) is 6.22. The van der Waals surface area contributed by atoms with Gasteiger partial charge in [0.05, 0.1) is 6.10 Å². The van der Waals surface area contributed by atoms with E-state index in [-0.39, 0.29) is 6.54 Å². The van der Waals surface area contributed by atoms with Crippen molar-refractivity contribution in [2.45, 2.75) is 12.0 Å². The Morgan fingerprint density at radius 1 is 1.05 bits per heavy atom. The summed E-state index contributed by atoms with van der Waals surface area (Å²) in [6, 6.07) is 10.5. The van der Waals surface area contributed by atoms with Crippen LogP contribution in [0.3, 0.4) is 0 Å². The van der Waals surface area contributed by atoms with Crippen molar-refractivity contribution in [1.29, 1.82) is 0 Å². The minimum absolute atomic E-state index is 0.191. The lowest BCUT2D eigenvalue weighted by molar-refractivity contribution is 0.147. The van der Waals surface area contributed by atoms with Gasteiger partial charge in [-0.25, -0.2) is 0 Å². The van der Waals surface area contributed by atoms with E-state index in [0.29, 0.717) is 26.2 Å². The van der Waals surface area contributed by atoms with Gasteiger partial charge in [0, 0.05) is 32.0 Å². The minimum Gasteiger partial charge on any atom is -0.388 e. The fraction of sp³-hybridized carbons (Fsp3) is 0.200. The predicted molar refractivity (Wildman–Crippen MR) is 92.4 cm³/mol. The van der Waals surface area contributed by atoms with Gasteiger partial charge in [0.1, 0.15) is 0 Å². The lowest BCUT2D eigenvalue weighted by Gasteiger charge is -2.25. The number of rotatable bonds is 4. The Morgan fingerprint density at radius 3 is 2.19 bits per heavy atom. The maximum Gasteiger partial charge on any atom is 0.0886 e. The van der Waals surface area contributed by atoms with Crippen LogP contribution in [0.15, 0.2) is 40.9 Å². The SMILES string of the molecule is NCC(c1c(Cl)cccc1Cl)C(O)c1ccc(Br)cc1Cl. The molecule has 0 radical (unpaired) electrons. The molecule has 0 amide bonds. The van der Waals surface area contributed by atoms with E-state index >= 15 is 0 Å². The van der Waals surface area contributed by atoms with Gasteiger partial charge in [0.25, 0.3) is 0 Å². The largest absolute Gasteiger partial charge is 0.388 e. The second-order valence-corrected chi connectivity index (χ2v) is 6.73. The third-order valence-corrected chi connectivity index (χ3v) is 4.77. The number of halogens is 4. The number of benzene rings is 2. The first-order chi connectivity index (χ1) is 9.95. The van der Waals surface area contributed by atoms with Gasteiger partial charge in [0.2, 0.25) is 0 Å². The molecule has 0 aliphatic rings. The molecule has 2 aromatic carbocycles. The molecule has 2 aromatic rings. The Kier molecular flexibility index (Phi) is 5.95. The molecule has 0 aromatic heterocycles. The molecule has 2 unspecified atom stereocenters. The zero-order valence-electron chi connectivity index (χ0n) is 10.9. The Hall–Kier alpha value is -0.290. The summed E-state index contributed by atoms with van der Waals surface area (Å²) in [4.78, 5) is 0. The van der Waals surface area contributed by atoms with Gasteiger partial charge in [-0.1, -0.05) is 62.9 Å². The van der Waals surface area contributed by atoms with E-state index in [2.05, 4.69) is 15.9 Å². The second-order valence-electron chi connectivity index (χ2n) is 4.59. The van der Waals surface area contributed by atoms with Crippen molar-refractivity contribution in [3.63, 3.8) is 0 Å². The van der Waals surface area contributed by atoms with Crippen molar-refractivity contribution in [2.75, 3.05) is 6.54 Å². The highest BCUT2D eigenvalue weighted by atomic mass is 79.9. The van der Waals surface area contributed by atoms with Crippen LogP contribution in [0, 0.1) is 0 Å². The van der Waals surface area contributed by atoms with Gasteiger partial charge < -0.3 is 10.8 Å². The molecule has 6 heteroatoms. The van der Waals surface area contributed by atoms with Crippen LogP contribution in [0.1, 0.15) is 23.1 Å². The van der Waals surface area contributed by atoms with Crippen molar-refractivity contribution in [1.82, 2.24) is 0 Å². The molecule has 2 atom stereocenters. The third kappa shape index (κ3) is 3.73. The molecule has 0 saturated heterocycles. The summed E-state index contributed by atoms with van der Waals surface area (Å²) in [6.45, 7) is 0.191. The lowest BCUT2D eigenvalue weighted by Crippen LogP contribution is -2.21. The Morgan fingerprint density at radius 2 is 1.67 bits per heavy atom. The normalized spacial score (nSPS) is 14.0. The van der Waals surface area contributed by atoms with Gasteiger partial charge in [-0.2, -0.15) is 0 Å². The van der Waals surface area contributed by atoms with Crippen LogP contribution < -0.4 is 5.73 Å². The molecule has 0 spiro atoms. The van der Waals surface area contributed by atoms with Crippen molar-refractivity contribution in [2.24, 2.45) is 5.73 Å². The van der Waals surface area contributed by atoms with Crippen molar-refractivity contribution >= 4 is 50.7 Å². The summed E-state index contributed by atoms with van der Waals surface area (Å²) in [5.41, 5.74) is 7.05. The van der Waals surface area contributed by atoms with Gasteiger partial charge in [0.15, 0.2) is 0 Å². The van der Waals surface area contributed by atoms with Gasteiger partial charge in [-0.15, -0.1) is 0 Å². The summed E-state index contributed by atoms with van der Waals surface area (Å²) in [6.07, 6.45) is -0.895. The molecule has 0 bridgehead atoms. The number of hydrogen-bond acceptors (Lipinski definition) is 2. The lowest BCUT2D eigenvalue weighted by atomic mass is 9.89. The van der Waals surface area contributed by atoms with Crippen LogP contribution in [0.2, 0.25) is 15.1 Å². The van der Waals surface area contributed by atoms with Gasteiger partial charge in [-0.3, -0.25) is 0 Å². The summed E-state index contributed by atoms with van der Waals surface area (Å²) >= 11 is 21.9. The van der Waals surface area contributed by atoms with Crippen molar-refractivity contribution in [3.8, 4) is 0 Å². The summed E-state index contributed by atoms with van der Waals surface area (Å²) in [5, 5.41) is 12.1. The number of aliphatic hydroxyl groups is 1. The standard InChI is InChI=1S/C15H13BrCl3NO/c16-8-4-5-9(13(19)6-8)15(21)10(7-20)14-11(17)2-1-3-12(14)18/h1-6,10,15,21H,7,20H2. The molecular formula is C15H13BrCl3NO. The Labute approximate surface area is 146 Å². The van der Waals surface area contributed by atoms with E-state index in [0.717, 1.165) is 4.47 Å². The second kappa shape index (κ2) is 7.32. The maximum absolute atomic E-state index is 10.7. The molecule has 0 aliphatic carbocycles. The third-order valence-electron chi connectivity index (χ3n) is 3.29. The van der Waals surface area contributed by atoms with Gasteiger partial charge in [-0.05, 0) is 35.4 Å². The molecule has 0 saturated carbocycles. The molecule has 0 fully saturated rings. The molecular weight excluding hydrogens is 396 g/mol. The average Bonchev–Trinajstić information content (AvgIpc) is 2.42. The van der Waals surface area contributed by atoms with E-state index in [1.807, 2.05) is 6.07 Å². The van der Waals surface area contributed by atoms with Crippen LogP contribution in [0.4, 0.5) is 0 Å². The van der Waals surface area contributed by atoms with Crippen LogP contribution in [0.25, 0.3) is 0 Å². The zero-order valence-corrected chi connectivity index (χ0v) is 14.7. The monoisotopic (exact) mass is 407 g/mol. The first-order valence-corrected chi connectivity index (χ1v) is 8.15. The molecule has 112 valence electrons. The summed E-state index contributed by atoms with van der Waals surface area (Å²) < 4.78 is 0.837. The molecule has 3 N–H and O–H groups in total. The van der Waals surface area contributed by atoms with Crippen LogP contribution >= 0.6 is 50.7 Å². The van der Waals surface area contributed by atoms with Crippen molar-refractivity contribution in [3.05, 3.63) is 67.1 Å². The van der Waals surface area contributed by atoms with Crippen LogP contribution in [0.5, 0.6) is 0 Å². The molecule has 21 heavy (non-hydrogen) atoms. The van der Waals surface area contributed by atoms with Crippen LogP contribution in [-0.4, -0.2) is 11.7 Å². The fourth-order valence-electron chi connectivity index (χ4n) is 2.23. The van der Waals surface area contributed by atoms with Crippen molar-refractivity contribution < 1.29 is 5.11 Å². The van der Waals surface area contributed by atoms with E-state index in [1.54, 1.807) is 30.3 Å². The number of hydrogen-bond donors (Lipinski definition) is 2. The van der Waals surface area contributed by atoms with E-state index in [4.69, 9.17) is 40.5 Å². The Balaban J connectivity index is 2.46. The maximum atomic E-state index is 10.7. The van der Waals surface area contributed by atoms with Crippen LogP contribution in [-0.2, 0) is 0 Å². The van der Waals surface area contributed by atoms with E-state index < -0.39 is 12.0 Å². The number of nitrogens with two attached hydrogens (primary N) is 1. The zero-order chi connectivity index (χ0) is 15.6. The highest BCUT2D eigenvalue weighted by Gasteiger charge is 2.27. The highest BCUT2D eigenvalue weighted by Crippen LogP contribution is 2.40. The highest BCUT2D eigenvalue weighted by molar-refractivity contribution is 9.10. The molecule has 2 rings (SSSR count). The van der Waals surface area contributed by atoms with E-state index in [9.17, 15) is 5.11 Å². The smallest absolute Gasteiger partial charge is 0.0886 e. The fourth-order valence-corrected chi connectivity index (χ4v) is 3.69. The number of aliphatic hydroxyl groups excluding tert-OH is 1. The summed E-state index contributed by atoms with van der Waals surface area (Å²) in [7, 11) is 0. The average molecular weight is 410 g/mol. The summed E-state index contributed by atoms with van der Waals surface area (Å²) in [5.74, 6) is -0.440. The topological polar surface area (TPSA) is 46.2 Å². The Bertz CT molecular complexity index is 631. The first kappa shape index (κ1) is 17.1. The molecule has 0 heterocycles. The molecule has 2 nitrogen and oxygen atoms in total. The van der Waals surface area contributed by atoms with E-state index in [1.165, 1.54) is 0 Å².